The standard InChI is InChI=1S/C18H28N4O3/c1-12-13(2)19-22(14(12)3)8-6-16(23)21-9-15-5-7-20(4)10-18(15,11-21)17(24)25/h15H,5-11H2,1-4H3,(H,24,25). The SMILES string of the molecule is Cc1nn(CCC(=O)N2CC3CCN(C)CC3(C(=O)O)C2)c(C)c1C. The van der Waals surface area contributed by atoms with Gasteiger partial charge in [-0.25, -0.2) is 0 Å². The van der Waals surface area contributed by atoms with Crippen LogP contribution in [0.2, 0.25) is 0 Å². The third-order valence-corrected chi connectivity index (χ3v) is 6.17. The van der Waals surface area contributed by atoms with Gasteiger partial charge >= 0.3 is 5.97 Å². The van der Waals surface area contributed by atoms with E-state index in [1.807, 2.05) is 32.5 Å². The zero-order valence-electron chi connectivity index (χ0n) is 15.6. The number of rotatable bonds is 4. The van der Waals surface area contributed by atoms with Gasteiger partial charge in [0.2, 0.25) is 5.91 Å². The number of aromatic nitrogens is 2. The number of piperidine rings is 1. The first kappa shape index (κ1) is 17.9. The lowest BCUT2D eigenvalue weighted by Crippen LogP contribution is -2.52. The highest BCUT2D eigenvalue weighted by molar-refractivity contribution is 5.81. The van der Waals surface area contributed by atoms with Crippen molar-refractivity contribution < 1.29 is 14.7 Å². The van der Waals surface area contributed by atoms with Crippen LogP contribution in [0.15, 0.2) is 0 Å². The van der Waals surface area contributed by atoms with Crippen LogP contribution < -0.4 is 0 Å². The van der Waals surface area contributed by atoms with Crippen LogP contribution in [-0.2, 0) is 16.1 Å². The Morgan fingerprint density at radius 1 is 1.28 bits per heavy atom. The molecule has 7 heteroatoms. The van der Waals surface area contributed by atoms with Crippen LogP contribution in [0.5, 0.6) is 0 Å². The Bertz CT molecular complexity index is 699. The van der Waals surface area contributed by atoms with E-state index in [1.165, 1.54) is 0 Å². The molecule has 0 radical (unpaired) electrons. The number of carbonyl (C=O) groups excluding carboxylic acids is 1. The molecular formula is C18H28N4O3. The van der Waals surface area contributed by atoms with E-state index < -0.39 is 11.4 Å². The first-order valence-corrected chi connectivity index (χ1v) is 8.95. The van der Waals surface area contributed by atoms with E-state index in [-0.39, 0.29) is 11.8 Å². The maximum Gasteiger partial charge on any atom is 0.313 e. The lowest BCUT2D eigenvalue weighted by molar-refractivity contribution is -0.154. The third-order valence-electron chi connectivity index (χ3n) is 6.17. The Kier molecular flexibility index (Phi) is 4.62. The molecule has 2 unspecified atom stereocenters. The van der Waals surface area contributed by atoms with Crippen LogP contribution in [-0.4, -0.2) is 69.8 Å². The maximum atomic E-state index is 12.7. The molecule has 0 aromatic carbocycles. The molecule has 0 bridgehead atoms. The first-order valence-electron chi connectivity index (χ1n) is 8.95. The molecule has 7 nitrogen and oxygen atoms in total. The van der Waals surface area contributed by atoms with Crippen LogP contribution in [0.3, 0.4) is 0 Å². The molecule has 2 aliphatic heterocycles. The molecule has 3 rings (SSSR count). The summed E-state index contributed by atoms with van der Waals surface area (Å²) in [7, 11) is 1.95. The van der Waals surface area contributed by atoms with E-state index in [2.05, 4.69) is 10.00 Å². The van der Waals surface area contributed by atoms with E-state index >= 15 is 0 Å². The van der Waals surface area contributed by atoms with Crippen molar-refractivity contribution in [2.75, 3.05) is 33.2 Å². The minimum Gasteiger partial charge on any atom is -0.481 e. The molecule has 0 spiro atoms. The number of likely N-dealkylation sites (tertiary alicyclic amines) is 2. The third kappa shape index (κ3) is 3.05. The van der Waals surface area contributed by atoms with Gasteiger partial charge < -0.3 is 14.9 Å². The number of carboxylic acids is 1. The summed E-state index contributed by atoms with van der Waals surface area (Å²) in [4.78, 5) is 28.5. The van der Waals surface area contributed by atoms with Gasteiger partial charge in [0.25, 0.3) is 0 Å². The quantitative estimate of drug-likeness (QED) is 0.880. The predicted octanol–water partition coefficient (Wildman–Crippen LogP) is 1.06. The number of hydrogen-bond donors (Lipinski definition) is 1. The second kappa shape index (κ2) is 6.44. The molecule has 1 aromatic rings. The molecule has 138 valence electrons. The Balaban J connectivity index is 1.67. The van der Waals surface area contributed by atoms with Gasteiger partial charge in [-0.05, 0) is 52.3 Å². The van der Waals surface area contributed by atoms with E-state index in [4.69, 9.17) is 0 Å². The molecule has 1 amide bonds. The largest absolute Gasteiger partial charge is 0.481 e. The van der Waals surface area contributed by atoms with Crippen LogP contribution in [0.1, 0.15) is 29.8 Å². The smallest absolute Gasteiger partial charge is 0.313 e. The highest BCUT2D eigenvalue weighted by Gasteiger charge is 2.55. The van der Waals surface area contributed by atoms with E-state index in [9.17, 15) is 14.7 Å². The predicted molar refractivity (Wildman–Crippen MR) is 93.3 cm³/mol. The minimum atomic E-state index is -0.808. The first-order chi connectivity index (χ1) is 11.7. The lowest BCUT2D eigenvalue weighted by Gasteiger charge is -2.39. The van der Waals surface area contributed by atoms with Crippen LogP contribution in [0, 0.1) is 32.1 Å². The number of nitrogens with zero attached hydrogens (tertiary/aromatic N) is 4. The molecule has 25 heavy (non-hydrogen) atoms. The number of carboxylic acid groups (broad SMARTS) is 1. The number of carbonyl (C=O) groups is 2. The summed E-state index contributed by atoms with van der Waals surface area (Å²) in [6, 6.07) is 0. The normalized spacial score (nSPS) is 26.7. The summed E-state index contributed by atoms with van der Waals surface area (Å²) in [5.41, 5.74) is 2.43. The van der Waals surface area contributed by atoms with Crippen LogP contribution in [0.4, 0.5) is 0 Å². The highest BCUT2D eigenvalue weighted by atomic mass is 16.4. The second-order valence-electron chi connectivity index (χ2n) is 7.73. The maximum absolute atomic E-state index is 12.7. The molecule has 2 aliphatic rings. The van der Waals surface area contributed by atoms with Crippen molar-refractivity contribution in [3.63, 3.8) is 0 Å². The molecule has 2 fully saturated rings. The fraction of sp³-hybridized carbons (Fsp3) is 0.722. The summed E-state index contributed by atoms with van der Waals surface area (Å²) in [6.07, 6.45) is 1.20. The van der Waals surface area contributed by atoms with Gasteiger partial charge in [0.15, 0.2) is 0 Å². The topological polar surface area (TPSA) is 78.7 Å². The summed E-state index contributed by atoms with van der Waals surface area (Å²) in [6.45, 7) is 8.87. The van der Waals surface area contributed by atoms with E-state index in [0.29, 0.717) is 32.6 Å². The zero-order chi connectivity index (χ0) is 18.4. The average Bonchev–Trinajstić information content (AvgIpc) is 3.06. The zero-order valence-corrected chi connectivity index (χ0v) is 15.6. The molecule has 3 heterocycles. The minimum absolute atomic E-state index is 0.0304. The van der Waals surface area contributed by atoms with Crippen molar-refractivity contribution in [2.45, 2.75) is 40.2 Å². The molecule has 1 aromatic heterocycles. The van der Waals surface area contributed by atoms with E-state index in [1.54, 1.807) is 4.90 Å². The van der Waals surface area contributed by atoms with Crippen molar-refractivity contribution >= 4 is 11.9 Å². The number of aryl methyl sites for hydroxylation is 2. The molecule has 2 saturated heterocycles. The Morgan fingerprint density at radius 3 is 2.60 bits per heavy atom. The Morgan fingerprint density at radius 2 is 2.00 bits per heavy atom. The molecular weight excluding hydrogens is 320 g/mol. The van der Waals surface area contributed by atoms with Crippen LogP contribution >= 0.6 is 0 Å². The monoisotopic (exact) mass is 348 g/mol. The van der Waals surface area contributed by atoms with Gasteiger partial charge in [0.05, 0.1) is 5.69 Å². The summed E-state index contributed by atoms with van der Waals surface area (Å²) in [5, 5.41) is 14.3. The number of hydrogen-bond acceptors (Lipinski definition) is 4. The second-order valence-corrected chi connectivity index (χ2v) is 7.73. The lowest BCUT2D eigenvalue weighted by atomic mass is 9.73. The van der Waals surface area contributed by atoms with Crippen molar-refractivity contribution in [3.05, 3.63) is 17.0 Å². The molecule has 0 aliphatic carbocycles. The summed E-state index contributed by atoms with van der Waals surface area (Å²) in [5.74, 6) is -0.683. The van der Waals surface area contributed by atoms with Gasteiger partial charge in [-0.2, -0.15) is 5.10 Å². The van der Waals surface area contributed by atoms with Crippen molar-refractivity contribution in [1.29, 1.82) is 0 Å². The van der Waals surface area contributed by atoms with Gasteiger partial charge in [-0.3, -0.25) is 14.3 Å². The molecule has 2 atom stereocenters. The number of fused-ring (bicyclic) bond motifs is 1. The van der Waals surface area contributed by atoms with Crippen molar-refractivity contribution in [3.8, 4) is 0 Å². The molecule has 0 saturated carbocycles. The summed E-state index contributed by atoms with van der Waals surface area (Å²) >= 11 is 0. The summed E-state index contributed by atoms with van der Waals surface area (Å²) < 4.78 is 1.88. The van der Waals surface area contributed by atoms with E-state index in [0.717, 1.165) is 29.9 Å². The number of amides is 1. The Hall–Kier alpha value is -1.89. The van der Waals surface area contributed by atoms with Gasteiger partial charge in [-0.1, -0.05) is 0 Å². The fourth-order valence-electron chi connectivity index (χ4n) is 4.32. The van der Waals surface area contributed by atoms with Gasteiger partial charge in [0.1, 0.15) is 5.41 Å². The fourth-order valence-corrected chi connectivity index (χ4v) is 4.32. The Labute approximate surface area is 148 Å². The average molecular weight is 348 g/mol. The van der Waals surface area contributed by atoms with Crippen LogP contribution in [0.25, 0.3) is 0 Å². The number of aliphatic carboxylic acids is 1. The highest BCUT2D eigenvalue weighted by Crippen LogP contribution is 2.42. The van der Waals surface area contributed by atoms with Gasteiger partial charge in [-0.15, -0.1) is 0 Å². The van der Waals surface area contributed by atoms with Gasteiger partial charge in [0, 0.05) is 38.3 Å². The van der Waals surface area contributed by atoms with Crippen molar-refractivity contribution in [1.82, 2.24) is 19.6 Å². The van der Waals surface area contributed by atoms with Crippen molar-refractivity contribution in [2.24, 2.45) is 11.3 Å². The molecule has 1 N–H and O–H groups in total.